The fraction of sp³-hybridized carbons (Fsp3) is 0.333. The molecule has 1 aliphatic rings. The molecule has 0 fully saturated rings. The highest BCUT2D eigenvalue weighted by molar-refractivity contribution is 7.13. The van der Waals surface area contributed by atoms with E-state index in [1.807, 2.05) is 25.1 Å². The maximum Gasteiger partial charge on any atom is 0.526 e. The summed E-state index contributed by atoms with van der Waals surface area (Å²) in [5.74, 6) is -0.979. The number of ketones is 1. The normalized spacial score (nSPS) is 17.3. The van der Waals surface area contributed by atoms with E-state index in [2.05, 4.69) is 10.1 Å². The van der Waals surface area contributed by atoms with Crippen LogP contribution in [0.1, 0.15) is 30.2 Å². The molecule has 29 heavy (non-hydrogen) atoms. The second-order valence-corrected chi connectivity index (χ2v) is 7.71. The number of aryl methyl sites for hydroxylation is 1. The molecule has 1 aromatic heterocycles. The Labute approximate surface area is 171 Å². The Morgan fingerprint density at radius 2 is 2.28 bits per heavy atom. The van der Waals surface area contributed by atoms with Gasteiger partial charge in [0.25, 0.3) is 5.91 Å². The molecule has 1 aliphatic heterocycles. The van der Waals surface area contributed by atoms with Crippen molar-refractivity contribution in [2.24, 2.45) is 10.9 Å². The van der Waals surface area contributed by atoms with E-state index in [-0.39, 0.29) is 23.0 Å². The number of fused-ring (bicyclic) bond motifs is 1. The Morgan fingerprint density at radius 3 is 2.93 bits per heavy atom. The number of anilines is 1. The number of carbonyl (C=O) groups excluding carboxylic acids is 2. The molecule has 0 radical (unpaired) electrons. The molecule has 2 heterocycles. The van der Waals surface area contributed by atoms with Gasteiger partial charge < -0.3 is 26.0 Å². The molecular formula is C18H21BN4O5S. The average molecular weight is 416 g/mol. The number of para-hydroxylation sites is 1. The van der Waals surface area contributed by atoms with Gasteiger partial charge in [0, 0.05) is 17.6 Å². The number of nitrogens with two attached hydrogens (primary N) is 2. The molecule has 2 atom stereocenters. The zero-order chi connectivity index (χ0) is 21.1. The maximum atomic E-state index is 13.0. The van der Waals surface area contributed by atoms with Crippen LogP contribution in [-0.4, -0.2) is 40.6 Å². The van der Waals surface area contributed by atoms with Gasteiger partial charge in [-0.25, -0.2) is 4.98 Å². The molecule has 11 heteroatoms. The largest absolute Gasteiger partial charge is 0.536 e. The number of aromatic nitrogens is 1. The van der Waals surface area contributed by atoms with E-state index in [9.17, 15) is 14.6 Å². The quantitative estimate of drug-likeness (QED) is 0.347. The topological polar surface area (TPSA) is 150 Å². The number of rotatable bonds is 7. The summed E-state index contributed by atoms with van der Waals surface area (Å²) in [5, 5.41) is 16.0. The van der Waals surface area contributed by atoms with Crippen molar-refractivity contribution in [3.63, 3.8) is 0 Å². The lowest BCUT2D eigenvalue weighted by molar-refractivity contribution is -0.128. The van der Waals surface area contributed by atoms with Crippen molar-refractivity contribution in [1.82, 2.24) is 4.98 Å². The third-order valence-electron chi connectivity index (χ3n) is 4.60. The van der Waals surface area contributed by atoms with Crippen molar-refractivity contribution in [3.8, 4) is 5.75 Å². The minimum atomic E-state index is -1.14. The zero-order valence-electron chi connectivity index (χ0n) is 16.0. The average Bonchev–Trinajstić information content (AvgIpc) is 3.09. The molecule has 1 unspecified atom stereocenters. The molecule has 0 saturated carbocycles. The molecule has 2 aromatic rings. The Morgan fingerprint density at radius 1 is 1.52 bits per heavy atom. The van der Waals surface area contributed by atoms with Gasteiger partial charge in [-0.1, -0.05) is 23.4 Å². The van der Waals surface area contributed by atoms with E-state index in [1.165, 1.54) is 6.92 Å². The van der Waals surface area contributed by atoms with Crippen LogP contribution in [-0.2, 0) is 20.8 Å². The number of carbonyl (C=O) groups is 2. The van der Waals surface area contributed by atoms with Crippen LogP contribution in [0.4, 0.5) is 5.13 Å². The molecule has 1 amide bonds. The zero-order valence-corrected chi connectivity index (χ0v) is 16.8. The number of nitrogens with zero attached hydrogens (tertiary/aromatic N) is 2. The Kier molecular flexibility index (Phi) is 6.19. The number of benzene rings is 1. The minimum Gasteiger partial charge on any atom is -0.536 e. The van der Waals surface area contributed by atoms with Crippen LogP contribution in [0.15, 0.2) is 28.7 Å². The van der Waals surface area contributed by atoms with Gasteiger partial charge in [-0.2, -0.15) is 0 Å². The SMILES string of the molecule is Cc1cccc2c1OB(O)[C@@H](CC(=O)/C(=N\OC(C)C(N)=O)c1csc(N)n1)C2. The fourth-order valence-electron chi connectivity index (χ4n) is 2.97. The highest BCUT2D eigenvalue weighted by Gasteiger charge is 2.38. The fourth-order valence-corrected chi connectivity index (χ4v) is 3.52. The highest BCUT2D eigenvalue weighted by Crippen LogP contribution is 2.36. The molecule has 0 spiro atoms. The molecule has 9 nitrogen and oxygen atoms in total. The Bertz CT molecular complexity index is 963. The van der Waals surface area contributed by atoms with Crippen molar-refractivity contribution in [2.75, 3.05) is 5.73 Å². The number of primary amides is 1. The number of Topliss-reactive ketones (excluding diaryl/α,β-unsaturated/α-hetero) is 1. The number of hydrogen-bond donors (Lipinski definition) is 3. The first-order valence-corrected chi connectivity index (χ1v) is 9.85. The second kappa shape index (κ2) is 8.62. The summed E-state index contributed by atoms with van der Waals surface area (Å²) in [5.41, 5.74) is 12.8. The van der Waals surface area contributed by atoms with Gasteiger partial charge in [0.15, 0.2) is 16.6 Å². The molecule has 0 aliphatic carbocycles. The first kappa shape index (κ1) is 20.8. The number of nitrogen functional groups attached to an aromatic ring is 1. The number of amides is 1. The van der Waals surface area contributed by atoms with Gasteiger partial charge in [0.1, 0.15) is 11.4 Å². The van der Waals surface area contributed by atoms with E-state index >= 15 is 0 Å². The molecule has 0 bridgehead atoms. The number of hydrogen-bond acceptors (Lipinski definition) is 9. The summed E-state index contributed by atoms with van der Waals surface area (Å²) in [7, 11) is -1.14. The van der Waals surface area contributed by atoms with Crippen LogP contribution in [0.25, 0.3) is 0 Å². The van der Waals surface area contributed by atoms with Gasteiger partial charge in [-0.3, -0.25) is 9.59 Å². The van der Waals surface area contributed by atoms with E-state index < -0.39 is 30.7 Å². The smallest absolute Gasteiger partial charge is 0.526 e. The first-order valence-electron chi connectivity index (χ1n) is 8.97. The lowest BCUT2D eigenvalue weighted by Gasteiger charge is -2.28. The van der Waals surface area contributed by atoms with Gasteiger partial charge >= 0.3 is 7.12 Å². The summed E-state index contributed by atoms with van der Waals surface area (Å²) < 4.78 is 5.63. The predicted molar refractivity (Wildman–Crippen MR) is 110 cm³/mol. The molecule has 5 N–H and O–H groups in total. The number of thiazole rings is 1. The summed E-state index contributed by atoms with van der Waals surface area (Å²) in [4.78, 5) is 33.3. The summed E-state index contributed by atoms with van der Waals surface area (Å²) >= 11 is 1.14. The van der Waals surface area contributed by atoms with Gasteiger partial charge in [-0.15, -0.1) is 11.3 Å². The van der Waals surface area contributed by atoms with Crippen molar-refractivity contribution in [3.05, 3.63) is 40.4 Å². The predicted octanol–water partition coefficient (Wildman–Crippen LogP) is 1.07. The Hall–Kier alpha value is -2.92. The van der Waals surface area contributed by atoms with Crippen LogP contribution in [0.2, 0.25) is 5.82 Å². The van der Waals surface area contributed by atoms with Crippen molar-refractivity contribution < 1.29 is 24.1 Å². The third-order valence-corrected chi connectivity index (χ3v) is 5.27. The molecule has 0 saturated heterocycles. The van der Waals surface area contributed by atoms with Crippen LogP contribution in [0.3, 0.4) is 0 Å². The second-order valence-electron chi connectivity index (χ2n) is 6.82. The standard InChI is InChI=1S/C18H21BN4O5S/c1-9-4-3-5-11-6-12(19(26)27-16(9)11)7-14(24)15(13-8-29-18(21)22-13)23-28-10(2)17(20)25/h3-5,8,10,12,26H,6-7H2,1-2H3,(H2,20,25)(H2,21,22)/b23-15-/t10?,12-/m1/s1. The molecule has 3 rings (SSSR count). The van der Waals surface area contributed by atoms with E-state index in [0.29, 0.717) is 12.2 Å². The number of oxime groups is 1. The van der Waals surface area contributed by atoms with Crippen LogP contribution in [0.5, 0.6) is 5.75 Å². The van der Waals surface area contributed by atoms with Crippen LogP contribution >= 0.6 is 11.3 Å². The van der Waals surface area contributed by atoms with Crippen molar-refractivity contribution >= 4 is 41.0 Å². The minimum absolute atomic E-state index is 0.0564. The van der Waals surface area contributed by atoms with Crippen molar-refractivity contribution in [2.45, 2.75) is 38.6 Å². The maximum absolute atomic E-state index is 13.0. The molecule has 152 valence electrons. The van der Waals surface area contributed by atoms with E-state index in [4.69, 9.17) is 21.0 Å². The lowest BCUT2D eigenvalue weighted by Crippen LogP contribution is -2.36. The van der Waals surface area contributed by atoms with E-state index in [0.717, 1.165) is 22.5 Å². The summed E-state index contributed by atoms with van der Waals surface area (Å²) in [6.07, 6.45) is -0.610. The monoisotopic (exact) mass is 416 g/mol. The third kappa shape index (κ3) is 4.74. The van der Waals surface area contributed by atoms with Crippen LogP contribution in [0, 0.1) is 6.92 Å². The Balaban J connectivity index is 1.81. The van der Waals surface area contributed by atoms with Gasteiger partial charge in [0.2, 0.25) is 6.10 Å². The molecular weight excluding hydrogens is 395 g/mol. The molecule has 1 aromatic carbocycles. The van der Waals surface area contributed by atoms with Gasteiger partial charge in [-0.05, 0) is 31.4 Å². The van der Waals surface area contributed by atoms with Gasteiger partial charge in [0.05, 0.1) is 0 Å². The summed E-state index contributed by atoms with van der Waals surface area (Å²) in [6, 6.07) is 5.70. The van der Waals surface area contributed by atoms with Crippen molar-refractivity contribution in [1.29, 1.82) is 0 Å². The van der Waals surface area contributed by atoms with Crippen LogP contribution < -0.4 is 16.1 Å². The summed E-state index contributed by atoms with van der Waals surface area (Å²) in [6.45, 7) is 3.31. The first-order chi connectivity index (χ1) is 13.8. The lowest BCUT2D eigenvalue weighted by atomic mass is 9.64. The van der Waals surface area contributed by atoms with E-state index in [1.54, 1.807) is 5.38 Å². The highest BCUT2D eigenvalue weighted by atomic mass is 32.1.